The second kappa shape index (κ2) is 6.39. The molecule has 1 aliphatic heterocycles. The van der Waals surface area contributed by atoms with Gasteiger partial charge in [-0.1, -0.05) is 13.3 Å². The van der Waals surface area contributed by atoms with Crippen LogP contribution in [0.15, 0.2) is 21.2 Å². The van der Waals surface area contributed by atoms with Crippen molar-refractivity contribution < 1.29 is 4.42 Å². The highest BCUT2D eigenvalue weighted by Gasteiger charge is 2.41. The van der Waals surface area contributed by atoms with Crippen LogP contribution in [0.4, 0.5) is 0 Å². The predicted molar refractivity (Wildman–Crippen MR) is 80.6 cm³/mol. The van der Waals surface area contributed by atoms with Gasteiger partial charge in [-0.15, -0.1) is 0 Å². The normalized spacial score (nSPS) is 22.1. The van der Waals surface area contributed by atoms with Gasteiger partial charge in [0.05, 0.1) is 16.8 Å². The number of hydrogen-bond donors (Lipinski definition) is 2. The molecule has 0 radical (unpaired) electrons. The Balaban J connectivity index is 2.29. The van der Waals surface area contributed by atoms with Crippen molar-refractivity contribution in [2.75, 3.05) is 13.1 Å². The van der Waals surface area contributed by atoms with Crippen molar-refractivity contribution in [1.29, 1.82) is 0 Å². The van der Waals surface area contributed by atoms with E-state index >= 15 is 0 Å². The minimum Gasteiger partial charge on any atom is -0.466 e. The Hall–Kier alpha value is -0.360. The average molecular weight is 330 g/mol. The van der Waals surface area contributed by atoms with E-state index in [4.69, 9.17) is 10.3 Å². The van der Waals surface area contributed by atoms with E-state index in [1.165, 1.54) is 19.3 Å². The van der Waals surface area contributed by atoms with E-state index in [0.29, 0.717) is 0 Å². The van der Waals surface area contributed by atoms with Crippen molar-refractivity contribution in [2.45, 2.75) is 51.1 Å². The van der Waals surface area contributed by atoms with Crippen LogP contribution in [0, 0.1) is 0 Å². The number of likely N-dealkylation sites (tertiary alicyclic amines) is 1. The third kappa shape index (κ3) is 2.89. The molecule has 19 heavy (non-hydrogen) atoms. The Bertz CT molecular complexity index is 403. The highest BCUT2D eigenvalue weighted by Crippen LogP contribution is 2.38. The highest BCUT2D eigenvalue weighted by atomic mass is 79.9. The van der Waals surface area contributed by atoms with Crippen molar-refractivity contribution in [2.24, 2.45) is 5.84 Å². The molecule has 1 aliphatic rings. The summed E-state index contributed by atoms with van der Waals surface area (Å²) in [6.07, 6.45) is 6.60. The topological polar surface area (TPSA) is 54.4 Å². The summed E-state index contributed by atoms with van der Waals surface area (Å²) in [5.74, 6) is 6.73. The zero-order valence-corrected chi connectivity index (χ0v) is 13.4. The summed E-state index contributed by atoms with van der Waals surface area (Å²) >= 11 is 3.55. The van der Waals surface area contributed by atoms with Gasteiger partial charge in [-0.3, -0.25) is 10.7 Å². The zero-order valence-electron chi connectivity index (χ0n) is 11.8. The Morgan fingerprint density at radius 2 is 2.16 bits per heavy atom. The van der Waals surface area contributed by atoms with E-state index in [1.54, 1.807) is 6.26 Å². The first-order chi connectivity index (χ1) is 9.13. The lowest BCUT2D eigenvalue weighted by Gasteiger charge is -2.47. The van der Waals surface area contributed by atoms with E-state index in [0.717, 1.165) is 29.7 Å². The van der Waals surface area contributed by atoms with Gasteiger partial charge in [0.25, 0.3) is 0 Å². The minimum atomic E-state index is -0.0322. The van der Waals surface area contributed by atoms with Gasteiger partial charge >= 0.3 is 0 Å². The van der Waals surface area contributed by atoms with Crippen molar-refractivity contribution in [3.63, 3.8) is 0 Å². The number of hydrazine groups is 1. The fourth-order valence-corrected chi connectivity index (χ4v) is 3.49. The number of hydrogen-bond acceptors (Lipinski definition) is 4. The zero-order chi connectivity index (χ0) is 13.9. The molecule has 0 bridgehead atoms. The maximum absolute atomic E-state index is 5.84. The summed E-state index contributed by atoms with van der Waals surface area (Å²) in [5.41, 5.74) is 2.94. The third-order valence-electron chi connectivity index (χ3n) is 4.49. The number of piperidine rings is 1. The SMILES string of the molecule is CCC(C)(C(NN)c1occc1Br)N1CCCCC1. The lowest BCUT2D eigenvalue weighted by Crippen LogP contribution is -2.57. The maximum atomic E-state index is 5.84. The molecule has 2 unspecified atom stereocenters. The predicted octanol–water partition coefficient (Wildman–Crippen LogP) is 3.20. The molecular formula is C14H24BrN3O. The molecule has 0 aromatic carbocycles. The second-order valence-electron chi connectivity index (χ2n) is 5.49. The van der Waals surface area contributed by atoms with E-state index in [9.17, 15) is 0 Å². The molecular weight excluding hydrogens is 306 g/mol. The molecule has 1 aromatic rings. The fourth-order valence-electron chi connectivity index (χ4n) is 3.06. The largest absolute Gasteiger partial charge is 0.466 e. The molecule has 0 aliphatic carbocycles. The van der Waals surface area contributed by atoms with E-state index < -0.39 is 0 Å². The summed E-state index contributed by atoms with van der Waals surface area (Å²) < 4.78 is 6.62. The monoisotopic (exact) mass is 329 g/mol. The number of nitrogens with two attached hydrogens (primary N) is 1. The van der Waals surface area contributed by atoms with Crippen LogP contribution in [-0.2, 0) is 0 Å². The summed E-state index contributed by atoms with van der Waals surface area (Å²) in [5, 5.41) is 0. The van der Waals surface area contributed by atoms with Crippen LogP contribution < -0.4 is 11.3 Å². The first kappa shape index (κ1) is 15.0. The molecule has 2 atom stereocenters. The number of nitrogens with zero attached hydrogens (tertiary/aromatic N) is 1. The van der Waals surface area contributed by atoms with Crippen LogP contribution in [0.3, 0.4) is 0 Å². The van der Waals surface area contributed by atoms with Gasteiger partial charge in [-0.2, -0.15) is 0 Å². The van der Waals surface area contributed by atoms with Crippen molar-refractivity contribution in [1.82, 2.24) is 10.3 Å². The molecule has 1 aromatic heterocycles. The Kier molecular flexibility index (Phi) is 5.06. The molecule has 2 heterocycles. The van der Waals surface area contributed by atoms with E-state index in [1.807, 2.05) is 6.07 Å². The van der Waals surface area contributed by atoms with Crippen molar-refractivity contribution in [3.8, 4) is 0 Å². The molecule has 0 saturated carbocycles. The molecule has 108 valence electrons. The number of nitrogens with one attached hydrogen (secondary N) is 1. The second-order valence-corrected chi connectivity index (χ2v) is 6.35. The first-order valence-electron chi connectivity index (χ1n) is 7.07. The molecule has 0 spiro atoms. The van der Waals surface area contributed by atoms with Gasteiger partial charge < -0.3 is 4.42 Å². The third-order valence-corrected chi connectivity index (χ3v) is 5.14. The van der Waals surface area contributed by atoms with Crippen LogP contribution in [0.25, 0.3) is 0 Å². The van der Waals surface area contributed by atoms with Gasteiger partial charge in [0, 0.05) is 5.54 Å². The number of rotatable bonds is 5. The Morgan fingerprint density at radius 3 is 2.63 bits per heavy atom. The average Bonchev–Trinajstić information content (AvgIpc) is 2.86. The summed E-state index contributed by atoms with van der Waals surface area (Å²) in [7, 11) is 0. The Morgan fingerprint density at radius 1 is 1.47 bits per heavy atom. The first-order valence-corrected chi connectivity index (χ1v) is 7.87. The van der Waals surface area contributed by atoms with E-state index in [2.05, 4.69) is 40.1 Å². The van der Waals surface area contributed by atoms with Gasteiger partial charge in [-0.05, 0) is 61.3 Å². The molecule has 5 heteroatoms. The highest BCUT2D eigenvalue weighted by molar-refractivity contribution is 9.10. The lowest BCUT2D eigenvalue weighted by atomic mass is 9.84. The molecule has 2 rings (SSSR count). The van der Waals surface area contributed by atoms with Crippen molar-refractivity contribution >= 4 is 15.9 Å². The number of furan rings is 1. The molecule has 1 fully saturated rings. The summed E-state index contributed by atoms with van der Waals surface area (Å²) in [4.78, 5) is 2.55. The van der Waals surface area contributed by atoms with Gasteiger partial charge in [-0.25, -0.2) is 5.43 Å². The summed E-state index contributed by atoms with van der Waals surface area (Å²) in [6, 6.07) is 1.91. The van der Waals surface area contributed by atoms with Crippen molar-refractivity contribution in [3.05, 3.63) is 22.6 Å². The van der Waals surface area contributed by atoms with Gasteiger partial charge in [0.1, 0.15) is 5.76 Å². The standard InChI is InChI=1S/C14H24BrN3O/c1-3-14(2,18-8-5-4-6-9-18)13(17-16)12-11(15)7-10-19-12/h7,10,13,17H,3-6,8-9,16H2,1-2H3. The molecule has 4 nitrogen and oxygen atoms in total. The van der Waals surface area contributed by atoms with Crippen LogP contribution in [0.1, 0.15) is 51.3 Å². The minimum absolute atomic E-state index is 0.0139. The quantitative estimate of drug-likeness (QED) is 0.643. The van der Waals surface area contributed by atoms with Crippen LogP contribution in [0.2, 0.25) is 0 Å². The van der Waals surface area contributed by atoms with Gasteiger partial charge in [0.2, 0.25) is 0 Å². The fraction of sp³-hybridized carbons (Fsp3) is 0.714. The molecule has 1 saturated heterocycles. The van der Waals surface area contributed by atoms with Crippen LogP contribution in [-0.4, -0.2) is 23.5 Å². The lowest BCUT2D eigenvalue weighted by molar-refractivity contribution is 0.0354. The molecule has 3 N–H and O–H groups in total. The summed E-state index contributed by atoms with van der Waals surface area (Å²) in [6.45, 7) is 6.77. The van der Waals surface area contributed by atoms with Crippen LogP contribution in [0.5, 0.6) is 0 Å². The smallest absolute Gasteiger partial charge is 0.138 e. The van der Waals surface area contributed by atoms with E-state index in [-0.39, 0.29) is 11.6 Å². The van der Waals surface area contributed by atoms with Gasteiger partial charge in [0.15, 0.2) is 0 Å². The Labute approximate surface area is 123 Å². The van der Waals surface area contributed by atoms with Crippen LogP contribution >= 0.6 is 15.9 Å². The molecule has 0 amide bonds. The number of halogens is 1. The maximum Gasteiger partial charge on any atom is 0.138 e.